The summed E-state index contributed by atoms with van der Waals surface area (Å²) < 4.78 is 0. The molecule has 1 aliphatic rings. The Balaban J connectivity index is 1.66. The van der Waals surface area contributed by atoms with E-state index >= 15 is 0 Å². The maximum absolute atomic E-state index is 12.9. The average molecular weight is 513 g/mol. The Kier molecular flexibility index (Phi) is 6.30. The van der Waals surface area contributed by atoms with Crippen LogP contribution in [0, 0.1) is 0 Å². The summed E-state index contributed by atoms with van der Waals surface area (Å²) in [5.41, 5.74) is 0.121. The second kappa shape index (κ2) is 8.99. The first-order valence-electron chi connectivity index (χ1n) is 9.13. The number of hydrogen-bond acceptors (Lipinski definition) is 5. The molecule has 3 aromatic rings. The van der Waals surface area contributed by atoms with Crippen molar-refractivity contribution in [1.29, 1.82) is 0 Å². The molecule has 2 heterocycles. The number of carbonyl (C=O) groups is 2. The zero-order chi connectivity index (χ0) is 23.0. The second-order valence-corrected chi connectivity index (χ2v) is 8.53. The van der Waals surface area contributed by atoms with Crippen LogP contribution in [-0.2, 0) is 9.59 Å². The van der Waals surface area contributed by atoms with Crippen molar-refractivity contribution in [2.75, 3.05) is 16.0 Å². The highest BCUT2D eigenvalue weighted by Gasteiger charge is 2.35. The zero-order valence-corrected chi connectivity index (χ0v) is 19.0. The molecule has 1 aromatic heterocycles. The molecule has 164 valence electrons. The molecule has 0 saturated heterocycles. The SMILES string of the molecule is O=C1CC(C(=O)Nc2cc(Cl)ccc2Cl)c2c(nc(Nc3ccc(Cl)cc3Cl)[nH]c2=O)N1. The summed E-state index contributed by atoms with van der Waals surface area (Å²) >= 11 is 24.1. The van der Waals surface area contributed by atoms with E-state index < -0.39 is 23.3 Å². The van der Waals surface area contributed by atoms with Crippen LogP contribution in [0.2, 0.25) is 20.1 Å². The van der Waals surface area contributed by atoms with E-state index in [0.29, 0.717) is 20.8 Å². The Hall–Kier alpha value is -2.78. The first kappa shape index (κ1) is 22.4. The molecule has 12 heteroatoms. The van der Waals surface area contributed by atoms with Gasteiger partial charge in [0.15, 0.2) is 0 Å². The topological polar surface area (TPSA) is 116 Å². The third-order valence-electron chi connectivity index (χ3n) is 4.64. The summed E-state index contributed by atoms with van der Waals surface area (Å²) in [5.74, 6) is -2.16. The minimum atomic E-state index is -1.08. The summed E-state index contributed by atoms with van der Waals surface area (Å²) in [4.78, 5) is 44.8. The van der Waals surface area contributed by atoms with E-state index in [0.717, 1.165) is 0 Å². The quantitative estimate of drug-likeness (QED) is 0.383. The first-order chi connectivity index (χ1) is 15.2. The maximum Gasteiger partial charge on any atom is 0.258 e. The molecule has 0 saturated carbocycles. The molecule has 2 amide bonds. The average Bonchev–Trinajstić information content (AvgIpc) is 2.72. The van der Waals surface area contributed by atoms with Crippen LogP contribution in [0.1, 0.15) is 17.9 Å². The number of amides is 2. The third kappa shape index (κ3) is 4.68. The Morgan fingerprint density at radius 1 is 0.969 bits per heavy atom. The van der Waals surface area contributed by atoms with Crippen LogP contribution in [0.15, 0.2) is 41.2 Å². The number of H-pyrrole nitrogens is 1. The molecule has 0 fully saturated rings. The monoisotopic (exact) mass is 511 g/mol. The number of nitrogens with zero attached hydrogens (tertiary/aromatic N) is 1. The standard InChI is InChI=1S/C20H13Cl4N5O3/c21-8-2-4-13(12(24)5-8)26-20-28-17-16(19(32)29-20)10(7-15(30)27-17)18(31)25-14-6-9(22)1-3-11(14)23/h1-6,10H,7H2,(H,25,31)(H3,26,27,28,29,30,32). The lowest BCUT2D eigenvalue weighted by molar-refractivity contribution is -0.123. The lowest BCUT2D eigenvalue weighted by Crippen LogP contribution is -2.36. The molecule has 1 unspecified atom stereocenters. The van der Waals surface area contributed by atoms with E-state index in [4.69, 9.17) is 46.4 Å². The zero-order valence-electron chi connectivity index (χ0n) is 15.9. The molecular weight excluding hydrogens is 500 g/mol. The van der Waals surface area contributed by atoms with Crippen LogP contribution in [0.4, 0.5) is 23.1 Å². The number of aromatic amines is 1. The van der Waals surface area contributed by atoms with Crippen molar-refractivity contribution >= 4 is 81.4 Å². The molecule has 8 nitrogen and oxygen atoms in total. The smallest absolute Gasteiger partial charge is 0.258 e. The normalized spacial score (nSPS) is 15.0. The Morgan fingerprint density at radius 2 is 1.69 bits per heavy atom. The highest BCUT2D eigenvalue weighted by Crippen LogP contribution is 2.33. The molecule has 0 spiro atoms. The lowest BCUT2D eigenvalue weighted by atomic mass is 9.92. The molecule has 4 N–H and O–H groups in total. The fraction of sp³-hybridized carbons (Fsp3) is 0.100. The fourth-order valence-electron chi connectivity index (χ4n) is 3.19. The lowest BCUT2D eigenvalue weighted by Gasteiger charge is -2.24. The van der Waals surface area contributed by atoms with E-state index in [1.165, 1.54) is 18.2 Å². The summed E-state index contributed by atoms with van der Waals surface area (Å²) in [7, 11) is 0. The molecule has 32 heavy (non-hydrogen) atoms. The number of hydrogen-bond donors (Lipinski definition) is 4. The molecule has 0 bridgehead atoms. The van der Waals surface area contributed by atoms with Gasteiger partial charge in [0.05, 0.1) is 32.9 Å². The molecule has 0 radical (unpaired) electrons. The number of aromatic nitrogens is 2. The van der Waals surface area contributed by atoms with Gasteiger partial charge in [-0.1, -0.05) is 46.4 Å². The highest BCUT2D eigenvalue weighted by atomic mass is 35.5. The van der Waals surface area contributed by atoms with Crippen LogP contribution >= 0.6 is 46.4 Å². The van der Waals surface area contributed by atoms with Crippen LogP contribution in [0.5, 0.6) is 0 Å². The predicted octanol–water partition coefficient (Wildman–Crippen LogP) is 5.19. The van der Waals surface area contributed by atoms with Gasteiger partial charge in [-0.3, -0.25) is 19.4 Å². The molecule has 4 rings (SSSR count). The number of benzene rings is 2. The summed E-state index contributed by atoms with van der Waals surface area (Å²) in [6.45, 7) is 0. The van der Waals surface area contributed by atoms with E-state index in [1.807, 2.05) is 0 Å². The van der Waals surface area contributed by atoms with Gasteiger partial charge in [-0.05, 0) is 36.4 Å². The predicted molar refractivity (Wildman–Crippen MR) is 126 cm³/mol. The molecular formula is C20H13Cl4N5O3. The van der Waals surface area contributed by atoms with Crippen molar-refractivity contribution in [3.63, 3.8) is 0 Å². The molecule has 2 aromatic carbocycles. The van der Waals surface area contributed by atoms with Crippen LogP contribution < -0.4 is 21.5 Å². The van der Waals surface area contributed by atoms with Gasteiger partial charge in [-0.2, -0.15) is 4.98 Å². The van der Waals surface area contributed by atoms with Crippen molar-refractivity contribution in [3.8, 4) is 0 Å². The third-order valence-corrected chi connectivity index (χ3v) is 5.75. The Bertz CT molecular complexity index is 1310. The number of fused-ring (bicyclic) bond motifs is 1. The van der Waals surface area contributed by atoms with Gasteiger partial charge in [-0.25, -0.2) is 0 Å². The van der Waals surface area contributed by atoms with E-state index in [9.17, 15) is 14.4 Å². The summed E-state index contributed by atoms with van der Waals surface area (Å²) in [6, 6.07) is 9.29. The fourth-order valence-corrected chi connectivity index (χ4v) is 3.98. The minimum Gasteiger partial charge on any atom is -0.324 e. The van der Waals surface area contributed by atoms with Gasteiger partial charge < -0.3 is 16.0 Å². The first-order valence-corrected chi connectivity index (χ1v) is 10.6. The number of halogens is 4. The number of anilines is 4. The largest absolute Gasteiger partial charge is 0.324 e. The van der Waals surface area contributed by atoms with Crippen molar-refractivity contribution < 1.29 is 9.59 Å². The van der Waals surface area contributed by atoms with Crippen molar-refractivity contribution in [2.45, 2.75) is 12.3 Å². The van der Waals surface area contributed by atoms with Crippen molar-refractivity contribution in [1.82, 2.24) is 9.97 Å². The van der Waals surface area contributed by atoms with Crippen molar-refractivity contribution in [2.24, 2.45) is 0 Å². The summed E-state index contributed by atoms with van der Waals surface area (Å²) in [5, 5.41) is 9.37. The van der Waals surface area contributed by atoms with Gasteiger partial charge in [0, 0.05) is 16.5 Å². The van der Waals surface area contributed by atoms with E-state index in [-0.39, 0.29) is 34.5 Å². The van der Waals surface area contributed by atoms with Gasteiger partial charge in [0.25, 0.3) is 5.56 Å². The minimum absolute atomic E-state index is 0.0213. The highest BCUT2D eigenvalue weighted by molar-refractivity contribution is 6.36. The Morgan fingerprint density at radius 3 is 2.44 bits per heavy atom. The van der Waals surface area contributed by atoms with Gasteiger partial charge in [-0.15, -0.1) is 0 Å². The molecule has 1 atom stereocenters. The Labute approximate surface area is 201 Å². The molecule has 1 aliphatic heterocycles. The maximum atomic E-state index is 12.9. The van der Waals surface area contributed by atoms with Crippen LogP contribution in [0.25, 0.3) is 0 Å². The van der Waals surface area contributed by atoms with E-state index in [2.05, 4.69) is 25.9 Å². The van der Waals surface area contributed by atoms with Gasteiger partial charge >= 0.3 is 0 Å². The van der Waals surface area contributed by atoms with Gasteiger partial charge in [0.1, 0.15) is 5.82 Å². The van der Waals surface area contributed by atoms with Crippen LogP contribution in [-0.4, -0.2) is 21.8 Å². The second-order valence-electron chi connectivity index (χ2n) is 6.84. The van der Waals surface area contributed by atoms with Crippen LogP contribution in [0.3, 0.4) is 0 Å². The van der Waals surface area contributed by atoms with Gasteiger partial charge in [0.2, 0.25) is 17.8 Å². The van der Waals surface area contributed by atoms with Crippen molar-refractivity contribution in [3.05, 3.63) is 72.4 Å². The molecule has 0 aliphatic carbocycles. The number of rotatable bonds is 4. The number of carbonyl (C=O) groups excluding carboxylic acids is 2. The van der Waals surface area contributed by atoms with E-state index in [1.54, 1.807) is 18.2 Å². The number of nitrogens with one attached hydrogen (secondary N) is 4. The summed E-state index contributed by atoms with van der Waals surface area (Å²) in [6.07, 6.45) is -0.239.